The maximum atomic E-state index is 14.7. The first-order chi connectivity index (χ1) is 12.1. The summed E-state index contributed by atoms with van der Waals surface area (Å²) in [5, 5.41) is 0. The van der Waals surface area contributed by atoms with Crippen LogP contribution >= 0.6 is 11.9 Å². The molecule has 2 aromatic rings. The zero-order chi connectivity index (χ0) is 19.5. The van der Waals surface area contributed by atoms with Crippen molar-refractivity contribution in [2.75, 3.05) is 0 Å². The molecule has 26 heavy (non-hydrogen) atoms. The molecule has 0 amide bonds. The molecule has 2 rings (SSSR count). The Morgan fingerprint density at radius 1 is 1.23 bits per heavy atom. The van der Waals surface area contributed by atoms with E-state index >= 15 is 0 Å². The Morgan fingerprint density at radius 3 is 2.54 bits per heavy atom. The normalized spacial score (nSPS) is 13.9. The molecule has 1 atom stereocenters. The minimum atomic E-state index is -1.37. The Kier molecular flexibility index (Phi) is 5.94. The Balaban J connectivity index is 2.81. The third-order valence-electron chi connectivity index (χ3n) is 3.87. The third kappa shape index (κ3) is 4.17. The quantitative estimate of drug-likeness (QED) is 0.633. The molecule has 0 saturated carbocycles. The monoisotopic (exact) mass is 376 g/mol. The zero-order valence-corrected chi connectivity index (χ0v) is 16.1. The Morgan fingerprint density at radius 2 is 1.92 bits per heavy atom. The van der Waals surface area contributed by atoms with Crippen LogP contribution in [0.1, 0.15) is 38.3 Å². The van der Waals surface area contributed by atoms with Crippen molar-refractivity contribution < 1.29 is 8.78 Å². The second-order valence-corrected chi connectivity index (χ2v) is 8.70. The van der Waals surface area contributed by atoms with E-state index in [-0.39, 0.29) is 27.9 Å². The van der Waals surface area contributed by atoms with Crippen LogP contribution in [0, 0.1) is 24.0 Å². The van der Waals surface area contributed by atoms with Gasteiger partial charge in [0.1, 0.15) is 11.6 Å². The first-order valence-corrected chi connectivity index (χ1v) is 8.93. The smallest absolute Gasteiger partial charge is 0.255 e. The van der Waals surface area contributed by atoms with Gasteiger partial charge in [-0.1, -0.05) is 11.9 Å². The molecule has 6 heteroatoms. The van der Waals surface area contributed by atoms with Crippen LogP contribution in [-0.2, 0) is 12.6 Å². The van der Waals surface area contributed by atoms with Crippen molar-refractivity contribution in [3.8, 4) is 12.3 Å². The predicted molar refractivity (Wildman–Crippen MR) is 103 cm³/mol. The summed E-state index contributed by atoms with van der Waals surface area (Å²) < 4.78 is 33.0. The van der Waals surface area contributed by atoms with E-state index in [1.807, 2.05) is 20.8 Å². The number of nitrogens with one attached hydrogen (secondary N) is 1. The van der Waals surface area contributed by atoms with E-state index in [0.717, 1.165) is 18.2 Å². The molecule has 1 heterocycles. The number of hydrogen-bond donors (Lipinski definition) is 1. The van der Waals surface area contributed by atoms with Crippen LogP contribution in [0.25, 0.3) is 0 Å². The van der Waals surface area contributed by atoms with Crippen molar-refractivity contribution in [1.82, 2.24) is 9.29 Å². The van der Waals surface area contributed by atoms with E-state index in [1.165, 1.54) is 16.5 Å². The van der Waals surface area contributed by atoms with Crippen LogP contribution in [-0.4, -0.2) is 9.31 Å². The topological polar surface area (TPSA) is 34.0 Å². The molecule has 1 unspecified atom stereocenters. The number of rotatable bonds is 5. The second-order valence-electron chi connectivity index (χ2n) is 7.06. The number of pyridine rings is 1. The number of halogens is 2. The van der Waals surface area contributed by atoms with Gasteiger partial charge in [0.05, 0.1) is 5.54 Å². The van der Waals surface area contributed by atoms with Crippen molar-refractivity contribution in [3.05, 3.63) is 69.6 Å². The van der Waals surface area contributed by atoms with Gasteiger partial charge in [0.15, 0.2) is 0 Å². The van der Waals surface area contributed by atoms with E-state index in [1.54, 1.807) is 25.4 Å². The zero-order valence-electron chi connectivity index (χ0n) is 15.3. The lowest BCUT2D eigenvalue weighted by molar-refractivity contribution is 0.458. The summed E-state index contributed by atoms with van der Waals surface area (Å²) in [7, 11) is 1.60. The van der Waals surface area contributed by atoms with Gasteiger partial charge < -0.3 is 4.57 Å². The van der Waals surface area contributed by atoms with E-state index < -0.39 is 17.2 Å². The van der Waals surface area contributed by atoms with Crippen molar-refractivity contribution in [3.63, 3.8) is 0 Å². The van der Waals surface area contributed by atoms with Crippen LogP contribution in [0.15, 0.2) is 41.3 Å². The lowest BCUT2D eigenvalue weighted by atomic mass is 9.81. The summed E-state index contributed by atoms with van der Waals surface area (Å²) in [4.78, 5) is 12.8. The van der Waals surface area contributed by atoms with Gasteiger partial charge in [-0.3, -0.25) is 4.79 Å². The summed E-state index contributed by atoms with van der Waals surface area (Å²) in [6.45, 7) is 5.91. The maximum absolute atomic E-state index is 14.7. The Hall–Kier alpha value is -2.10. The molecule has 1 aromatic heterocycles. The van der Waals surface area contributed by atoms with Crippen molar-refractivity contribution in [2.45, 2.75) is 37.5 Å². The fourth-order valence-electron chi connectivity index (χ4n) is 2.62. The largest absolute Gasteiger partial charge is 0.318 e. The van der Waals surface area contributed by atoms with Gasteiger partial charge in [0, 0.05) is 35.5 Å². The molecule has 0 radical (unpaired) electrons. The first-order valence-electron chi connectivity index (χ1n) is 8.11. The minimum absolute atomic E-state index is 0.00972. The fourth-order valence-corrected chi connectivity index (χ4v) is 3.39. The summed E-state index contributed by atoms with van der Waals surface area (Å²) in [5.41, 5.74) is -1.42. The maximum Gasteiger partial charge on any atom is 0.255 e. The van der Waals surface area contributed by atoms with Gasteiger partial charge in [-0.25, -0.2) is 13.5 Å². The summed E-state index contributed by atoms with van der Waals surface area (Å²) in [5.74, 6) is 1.29. The van der Waals surface area contributed by atoms with Crippen LogP contribution in [0.5, 0.6) is 0 Å². The number of benzene rings is 1. The number of terminal acetylenes is 1. The van der Waals surface area contributed by atoms with E-state index in [4.69, 9.17) is 6.42 Å². The van der Waals surface area contributed by atoms with Gasteiger partial charge in [-0.15, -0.1) is 12.3 Å². The highest BCUT2D eigenvalue weighted by Gasteiger charge is 2.40. The van der Waals surface area contributed by atoms with Crippen LogP contribution < -0.4 is 10.3 Å². The average molecular weight is 376 g/mol. The molecule has 0 aliphatic carbocycles. The molecule has 0 fully saturated rings. The van der Waals surface area contributed by atoms with Crippen molar-refractivity contribution >= 4 is 11.9 Å². The predicted octanol–water partition coefficient (Wildman–Crippen LogP) is 3.97. The number of hydrogen-bond acceptors (Lipinski definition) is 3. The standard InChI is InChI=1S/C20H22F2N2OS/c1-6-11-20(23-26-19(2,3)4,15-8-7-12-24(5)18(15)25)16-13-14(21)9-10-17(16)22/h1,7-10,12-13,23H,11H2,2-5H3. The second kappa shape index (κ2) is 7.65. The molecule has 0 spiro atoms. The third-order valence-corrected chi connectivity index (χ3v) is 4.93. The summed E-state index contributed by atoms with van der Waals surface area (Å²) >= 11 is 1.32. The lowest BCUT2D eigenvalue weighted by Gasteiger charge is -2.36. The SMILES string of the molecule is C#CCC(NSC(C)(C)C)(c1cc(F)ccc1F)c1cccn(C)c1=O. The number of nitrogens with zero attached hydrogens (tertiary/aromatic N) is 1. The minimum Gasteiger partial charge on any atom is -0.318 e. The number of aromatic nitrogens is 1. The van der Waals surface area contributed by atoms with Gasteiger partial charge in [-0.2, -0.15) is 0 Å². The Labute approximate surface area is 157 Å². The van der Waals surface area contributed by atoms with Gasteiger partial charge in [0.2, 0.25) is 0 Å². The lowest BCUT2D eigenvalue weighted by Crippen LogP contribution is -2.46. The van der Waals surface area contributed by atoms with Crippen LogP contribution in [0.4, 0.5) is 8.78 Å². The summed E-state index contributed by atoms with van der Waals surface area (Å²) in [6, 6.07) is 6.46. The summed E-state index contributed by atoms with van der Waals surface area (Å²) in [6.07, 6.45) is 7.16. The molecule has 138 valence electrons. The molecule has 1 aromatic carbocycles. The molecular formula is C20H22F2N2OS. The highest BCUT2D eigenvalue weighted by atomic mass is 32.2. The molecule has 0 aliphatic heterocycles. The Bertz CT molecular complexity index is 896. The van der Waals surface area contributed by atoms with E-state index in [2.05, 4.69) is 10.6 Å². The molecule has 1 N–H and O–H groups in total. The number of aryl methyl sites for hydroxylation is 1. The highest BCUT2D eigenvalue weighted by molar-refractivity contribution is 7.98. The van der Waals surface area contributed by atoms with Gasteiger partial charge in [0.25, 0.3) is 5.56 Å². The van der Waals surface area contributed by atoms with Crippen LogP contribution in [0.3, 0.4) is 0 Å². The van der Waals surface area contributed by atoms with E-state index in [9.17, 15) is 13.6 Å². The molecule has 0 saturated heterocycles. The first kappa shape index (κ1) is 20.2. The average Bonchev–Trinajstić information content (AvgIpc) is 2.56. The van der Waals surface area contributed by atoms with Gasteiger partial charge in [-0.05, 0) is 51.1 Å². The molecule has 3 nitrogen and oxygen atoms in total. The van der Waals surface area contributed by atoms with Crippen LogP contribution in [0.2, 0.25) is 0 Å². The molecule has 0 aliphatic rings. The van der Waals surface area contributed by atoms with E-state index in [0.29, 0.717) is 0 Å². The molecular weight excluding hydrogens is 354 g/mol. The highest BCUT2D eigenvalue weighted by Crippen LogP contribution is 2.37. The fraction of sp³-hybridized carbons (Fsp3) is 0.350. The molecule has 0 bridgehead atoms. The van der Waals surface area contributed by atoms with Crippen molar-refractivity contribution in [2.24, 2.45) is 7.05 Å². The van der Waals surface area contributed by atoms with Gasteiger partial charge >= 0.3 is 0 Å². The van der Waals surface area contributed by atoms with Crippen molar-refractivity contribution in [1.29, 1.82) is 0 Å².